The van der Waals surface area contributed by atoms with Crippen LogP contribution in [0.2, 0.25) is 0 Å². The third kappa shape index (κ3) is 17.2. The molecule has 3 atom stereocenters. The molecule has 0 saturated heterocycles. The van der Waals surface area contributed by atoms with Crippen LogP contribution in [-0.2, 0) is 33.2 Å². The first-order chi connectivity index (χ1) is 15.4. The van der Waals surface area contributed by atoms with Gasteiger partial charge in [-0.25, -0.2) is 0 Å². The molecule has 0 aliphatic heterocycles. The van der Waals surface area contributed by atoms with E-state index in [-0.39, 0.29) is 23.7 Å². The van der Waals surface area contributed by atoms with Crippen LogP contribution in [0.3, 0.4) is 0 Å². The second kappa shape index (κ2) is 21.3. The zero-order chi connectivity index (χ0) is 24.1. The van der Waals surface area contributed by atoms with Gasteiger partial charge < -0.3 is 33.2 Å². The molecule has 0 aliphatic carbocycles. The molecule has 0 aromatic rings. The van der Waals surface area contributed by atoms with Crippen molar-refractivity contribution in [2.45, 2.75) is 86.0 Å². The van der Waals surface area contributed by atoms with Crippen LogP contribution < -0.4 is 0 Å². The summed E-state index contributed by atoms with van der Waals surface area (Å²) in [7, 11) is 0. The van der Waals surface area contributed by atoms with Crippen molar-refractivity contribution in [3.63, 3.8) is 0 Å². The fourth-order valence-corrected chi connectivity index (χ4v) is 3.29. The zero-order valence-electron chi connectivity index (χ0n) is 22.0. The molecule has 0 amide bonds. The van der Waals surface area contributed by atoms with Crippen LogP contribution in [0.5, 0.6) is 0 Å². The minimum absolute atomic E-state index is 0.189. The van der Waals surface area contributed by atoms with Crippen LogP contribution in [0, 0.1) is 5.41 Å². The Labute approximate surface area is 197 Å². The molecule has 194 valence electrons. The van der Waals surface area contributed by atoms with Crippen molar-refractivity contribution in [2.24, 2.45) is 5.41 Å². The molecule has 0 radical (unpaired) electrons. The topological polar surface area (TPSA) is 64.6 Å². The second-order valence-electron chi connectivity index (χ2n) is 8.46. The fraction of sp³-hybridized carbons (Fsp3) is 1.00. The van der Waals surface area contributed by atoms with Gasteiger partial charge in [0, 0.05) is 46.2 Å². The average molecular weight is 465 g/mol. The zero-order valence-corrected chi connectivity index (χ0v) is 22.0. The Morgan fingerprint density at radius 2 is 0.781 bits per heavy atom. The molecule has 0 N–H and O–H groups in total. The van der Waals surface area contributed by atoms with Crippen molar-refractivity contribution in [3.8, 4) is 0 Å². The minimum Gasteiger partial charge on any atom is -0.381 e. The fourth-order valence-electron chi connectivity index (χ4n) is 3.29. The molecule has 0 aromatic heterocycles. The monoisotopic (exact) mass is 464 g/mol. The third-order valence-corrected chi connectivity index (χ3v) is 5.20. The summed E-state index contributed by atoms with van der Waals surface area (Å²) in [5, 5.41) is 0. The predicted octanol–water partition coefficient (Wildman–Crippen LogP) is 4.50. The van der Waals surface area contributed by atoms with E-state index < -0.39 is 0 Å². The molecule has 7 heteroatoms. The second-order valence-corrected chi connectivity index (χ2v) is 8.46. The molecule has 0 spiro atoms. The molecular weight excluding hydrogens is 412 g/mol. The maximum absolute atomic E-state index is 6.08. The van der Waals surface area contributed by atoms with Gasteiger partial charge in [0.05, 0.1) is 50.2 Å². The molecule has 3 unspecified atom stereocenters. The summed E-state index contributed by atoms with van der Waals surface area (Å²) in [5.74, 6) is 0. The summed E-state index contributed by atoms with van der Waals surface area (Å²) in [6.07, 6.45) is 3.14. The predicted molar refractivity (Wildman–Crippen MR) is 128 cm³/mol. The maximum Gasteiger partial charge on any atom is 0.0637 e. The van der Waals surface area contributed by atoms with Gasteiger partial charge in [0.15, 0.2) is 0 Å². The van der Waals surface area contributed by atoms with Crippen molar-refractivity contribution in [3.05, 3.63) is 0 Å². The average Bonchev–Trinajstić information content (AvgIpc) is 2.76. The van der Waals surface area contributed by atoms with Gasteiger partial charge in [-0.2, -0.15) is 0 Å². The smallest absolute Gasteiger partial charge is 0.0637 e. The van der Waals surface area contributed by atoms with Crippen LogP contribution in [0.25, 0.3) is 0 Å². The van der Waals surface area contributed by atoms with Gasteiger partial charge in [0.2, 0.25) is 0 Å². The molecule has 0 bridgehead atoms. The van der Waals surface area contributed by atoms with Crippen molar-refractivity contribution in [2.75, 3.05) is 72.7 Å². The summed E-state index contributed by atoms with van der Waals surface area (Å²) in [6, 6.07) is 0. The molecule has 0 saturated carbocycles. The lowest BCUT2D eigenvalue weighted by Gasteiger charge is -2.33. The third-order valence-electron chi connectivity index (χ3n) is 5.20. The highest BCUT2D eigenvalue weighted by molar-refractivity contribution is 4.79. The van der Waals surface area contributed by atoms with E-state index in [9.17, 15) is 0 Å². The maximum atomic E-state index is 6.08. The normalized spacial score (nSPS) is 16.6. The highest BCUT2D eigenvalue weighted by Crippen LogP contribution is 2.22. The first-order valence-electron chi connectivity index (χ1n) is 12.6. The van der Waals surface area contributed by atoms with Crippen LogP contribution in [0.1, 0.15) is 67.7 Å². The Bertz CT molecular complexity index is 344. The Morgan fingerprint density at radius 3 is 1.06 bits per heavy atom. The van der Waals surface area contributed by atoms with E-state index in [1.54, 1.807) is 0 Å². The van der Waals surface area contributed by atoms with E-state index in [4.69, 9.17) is 33.2 Å². The molecule has 0 heterocycles. The molecule has 0 rings (SSSR count). The van der Waals surface area contributed by atoms with Crippen LogP contribution in [0.15, 0.2) is 0 Å². The van der Waals surface area contributed by atoms with Crippen molar-refractivity contribution < 1.29 is 33.2 Å². The first-order valence-corrected chi connectivity index (χ1v) is 12.6. The Kier molecular flexibility index (Phi) is 21.1. The quantitative estimate of drug-likeness (QED) is 0.195. The summed E-state index contributed by atoms with van der Waals surface area (Å²) >= 11 is 0. The molecule has 0 aromatic carbocycles. The SMILES string of the molecule is CCOCC(COCCC(C)OCC)(COCCC(C)OCC)COCCC(C)OCC. The van der Waals surface area contributed by atoms with E-state index in [0.29, 0.717) is 52.9 Å². The number of ether oxygens (including phenoxy) is 7. The first kappa shape index (κ1) is 31.7. The highest BCUT2D eigenvalue weighted by atomic mass is 16.5. The van der Waals surface area contributed by atoms with Gasteiger partial charge in [-0.1, -0.05) is 0 Å². The van der Waals surface area contributed by atoms with Gasteiger partial charge in [-0.3, -0.25) is 0 Å². The standard InChI is InChI=1S/C25H52O7/c1-8-26-18-25(19-27-15-12-22(5)30-9-2,20-28-16-13-23(6)31-10-3)21-29-17-14-24(7)32-11-4/h22-24H,8-21H2,1-7H3. The van der Waals surface area contributed by atoms with Gasteiger partial charge >= 0.3 is 0 Å². The summed E-state index contributed by atoms with van der Waals surface area (Å²) in [6.45, 7) is 21.1. The van der Waals surface area contributed by atoms with E-state index >= 15 is 0 Å². The Balaban J connectivity index is 4.81. The number of rotatable bonds is 24. The van der Waals surface area contributed by atoms with E-state index in [0.717, 1.165) is 39.1 Å². The van der Waals surface area contributed by atoms with Crippen molar-refractivity contribution in [1.82, 2.24) is 0 Å². The van der Waals surface area contributed by atoms with Crippen LogP contribution >= 0.6 is 0 Å². The van der Waals surface area contributed by atoms with Gasteiger partial charge in [0.25, 0.3) is 0 Å². The van der Waals surface area contributed by atoms with Gasteiger partial charge in [-0.15, -0.1) is 0 Å². The summed E-state index contributed by atoms with van der Waals surface area (Å²) in [4.78, 5) is 0. The number of hydrogen-bond acceptors (Lipinski definition) is 7. The summed E-state index contributed by atoms with van der Waals surface area (Å²) in [5.41, 5.74) is -0.353. The summed E-state index contributed by atoms with van der Waals surface area (Å²) < 4.78 is 40.9. The van der Waals surface area contributed by atoms with Crippen LogP contribution in [0.4, 0.5) is 0 Å². The Hall–Kier alpha value is -0.280. The molecular formula is C25H52O7. The van der Waals surface area contributed by atoms with Gasteiger partial charge in [0.1, 0.15) is 0 Å². The van der Waals surface area contributed by atoms with E-state index in [2.05, 4.69) is 20.8 Å². The van der Waals surface area contributed by atoms with E-state index in [1.165, 1.54) is 0 Å². The van der Waals surface area contributed by atoms with E-state index in [1.807, 2.05) is 27.7 Å². The molecule has 0 fully saturated rings. The lowest BCUT2D eigenvalue weighted by atomic mass is 9.92. The molecule has 0 aliphatic rings. The molecule has 7 nitrogen and oxygen atoms in total. The Morgan fingerprint density at radius 1 is 0.469 bits per heavy atom. The minimum atomic E-state index is -0.353. The van der Waals surface area contributed by atoms with Crippen molar-refractivity contribution in [1.29, 1.82) is 0 Å². The molecule has 32 heavy (non-hydrogen) atoms. The van der Waals surface area contributed by atoms with Crippen molar-refractivity contribution >= 4 is 0 Å². The largest absolute Gasteiger partial charge is 0.381 e. The highest BCUT2D eigenvalue weighted by Gasteiger charge is 2.32. The van der Waals surface area contributed by atoms with Crippen LogP contribution in [-0.4, -0.2) is 91.0 Å². The lowest BCUT2D eigenvalue weighted by molar-refractivity contribution is -0.112. The van der Waals surface area contributed by atoms with Gasteiger partial charge in [-0.05, 0) is 67.7 Å². The lowest BCUT2D eigenvalue weighted by Crippen LogP contribution is -2.42. The number of hydrogen-bond donors (Lipinski definition) is 0.